The fourth-order valence-electron chi connectivity index (χ4n) is 6.97. The number of benzene rings is 5. The van der Waals surface area contributed by atoms with Crippen LogP contribution in [0.25, 0.3) is 66.6 Å². The van der Waals surface area contributed by atoms with Crippen LogP contribution in [0.15, 0.2) is 106 Å². The van der Waals surface area contributed by atoms with Crippen molar-refractivity contribution in [1.82, 2.24) is 4.57 Å². The molecule has 2 aromatic heterocycles. The van der Waals surface area contributed by atoms with Gasteiger partial charge in [0.25, 0.3) is 0 Å². The zero-order valence-corrected chi connectivity index (χ0v) is 22.8. The molecule has 0 aliphatic heterocycles. The van der Waals surface area contributed by atoms with Crippen molar-refractivity contribution in [3.8, 4) is 16.8 Å². The Morgan fingerprint density at radius 3 is 2.38 bits per heavy atom. The molecule has 5 aromatic carbocycles. The highest BCUT2D eigenvalue weighted by Gasteiger charge is 2.39. The molecule has 0 saturated heterocycles. The van der Waals surface area contributed by atoms with Gasteiger partial charge in [-0.1, -0.05) is 74.5 Å². The van der Waals surface area contributed by atoms with Crippen molar-refractivity contribution in [3.63, 3.8) is 0 Å². The Balaban J connectivity index is 1.50. The van der Waals surface area contributed by atoms with Crippen LogP contribution < -0.4 is 0 Å². The zero-order valence-electron chi connectivity index (χ0n) is 22.8. The fraction of sp³-hybridized carbons (Fsp3) is 0.108. The molecule has 0 unspecified atom stereocenters. The first kappa shape index (κ1) is 23.0. The summed E-state index contributed by atoms with van der Waals surface area (Å²) < 4.78 is 8.63. The van der Waals surface area contributed by atoms with Gasteiger partial charge in [0.1, 0.15) is 11.2 Å². The first-order valence-corrected chi connectivity index (χ1v) is 13.8. The minimum Gasteiger partial charge on any atom is -0.456 e. The lowest BCUT2D eigenvalue weighted by atomic mass is 9.81. The molecule has 0 fully saturated rings. The lowest BCUT2D eigenvalue weighted by molar-refractivity contribution is 0.664. The molecule has 0 amide bonds. The van der Waals surface area contributed by atoms with E-state index in [1.165, 1.54) is 44.1 Å². The Morgan fingerprint density at radius 1 is 0.775 bits per heavy atom. The highest BCUT2D eigenvalue weighted by Crippen LogP contribution is 2.54. The van der Waals surface area contributed by atoms with Gasteiger partial charge in [0.15, 0.2) is 0 Å². The van der Waals surface area contributed by atoms with Crippen LogP contribution >= 0.6 is 0 Å². The van der Waals surface area contributed by atoms with Crippen molar-refractivity contribution < 1.29 is 4.42 Å². The van der Waals surface area contributed by atoms with Gasteiger partial charge in [0.05, 0.1) is 16.7 Å². The average Bonchev–Trinajstić information content (AvgIpc) is 3.58. The largest absolute Gasteiger partial charge is 0.456 e. The van der Waals surface area contributed by atoms with E-state index in [1.54, 1.807) is 0 Å². The maximum absolute atomic E-state index is 6.17. The van der Waals surface area contributed by atoms with Crippen LogP contribution in [0.3, 0.4) is 0 Å². The van der Waals surface area contributed by atoms with E-state index in [2.05, 4.69) is 121 Å². The van der Waals surface area contributed by atoms with Crippen LogP contribution in [0.1, 0.15) is 37.5 Å². The van der Waals surface area contributed by atoms with Gasteiger partial charge < -0.3 is 8.98 Å². The third-order valence-corrected chi connectivity index (χ3v) is 8.73. The first-order chi connectivity index (χ1) is 19.5. The van der Waals surface area contributed by atoms with E-state index in [0.717, 1.165) is 38.9 Å². The highest BCUT2D eigenvalue weighted by atomic mass is 16.3. The monoisotopic (exact) mass is 516 g/mol. The van der Waals surface area contributed by atoms with E-state index in [0.29, 0.717) is 0 Å². The van der Waals surface area contributed by atoms with Gasteiger partial charge >= 0.3 is 0 Å². The van der Waals surface area contributed by atoms with Crippen molar-refractivity contribution in [2.45, 2.75) is 26.2 Å². The quantitative estimate of drug-likeness (QED) is 0.215. The highest BCUT2D eigenvalue weighted by molar-refractivity contribution is 6.14. The summed E-state index contributed by atoms with van der Waals surface area (Å²) in [7, 11) is 0. The molecular formula is C37H28N2O. The molecule has 0 N–H and O–H groups in total. The molecule has 1 aliphatic rings. The smallest absolute Gasteiger partial charge is 0.135 e. The van der Waals surface area contributed by atoms with Crippen LogP contribution in [-0.4, -0.2) is 11.3 Å². The summed E-state index contributed by atoms with van der Waals surface area (Å²) in [4.78, 5) is 4.39. The number of hydrogen-bond acceptors (Lipinski definition) is 2. The van der Waals surface area contributed by atoms with Crippen molar-refractivity contribution in [1.29, 1.82) is 0 Å². The topological polar surface area (TPSA) is 30.4 Å². The van der Waals surface area contributed by atoms with Crippen LogP contribution in [0.4, 0.5) is 5.69 Å². The number of allylic oxidation sites excluding steroid dienone is 1. The Bertz CT molecular complexity index is 2220. The molecule has 0 spiro atoms. The molecule has 40 heavy (non-hydrogen) atoms. The van der Waals surface area contributed by atoms with Gasteiger partial charge in [-0.2, -0.15) is 0 Å². The van der Waals surface area contributed by atoms with Crippen LogP contribution in [0.2, 0.25) is 0 Å². The molecule has 0 radical (unpaired) electrons. The first-order valence-electron chi connectivity index (χ1n) is 13.8. The Labute approximate surface area is 232 Å². The van der Waals surface area contributed by atoms with Gasteiger partial charge in [-0.05, 0) is 78.4 Å². The number of hydrogen-bond donors (Lipinski definition) is 0. The van der Waals surface area contributed by atoms with E-state index in [-0.39, 0.29) is 5.41 Å². The summed E-state index contributed by atoms with van der Waals surface area (Å²) in [6, 6.07) is 32.8. The predicted molar refractivity (Wildman–Crippen MR) is 170 cm³/mol. The molecule has 8 rings (SSSR count). The number of para-hydroxylation sites is 2. The SMILES string of the molecule is C=Nc1cc2c(cc1/C=C\C)-c1ccc3c4ccccc4n(-c4ccc5oc6ccccc6c5c4)c3c1C2(C)C. The van der Waals surface area contributed by atoms with Crippen LogP contribution in [-0.2, 0) is 5.41 Å². The molecule has 192 valence electrons. The molecule has 7 aromatic rings. The third-order valence-electron chi connectivity index (χ3n) is 8.73. The number of nitrogens with zero attached hydrogens (tertiary/aromatic N) is 2. The lowest BCUT2D eigenvalue weighted by Gasteiger charge is -2.24. The number of fused-ring (bicyclic) bond motifs is 10. The lowest BCUT2D eigenvalue weighted by Crippen LogP contribution is -2.16. The van der Waals surface area contributed by atoms with Crippen LogP contribution in [0.5, 0.6) is 0 Å². The molecule has 1 aliphatic carbocycles. The van der Waals surface area contributed by atoms with Crippen molar-refractivity contribution >= 4 is 62.2 Å². The number of furan rings is 1. The second-order valence-electron chi connectivity index (χ2n) is 11.3. The fourth-order valence-corrected chi connectivity index (χ4v) is 6.97. The van der Waals surface area contributed by atoms with Crippen LogP contribution in [0, 0.1) is 0 Å². The molecule has 0 saturated carbocycles. The van der Waals surface area contributed by atoms with Crippen molar-refractivity contribution in [3.05, 3.63) is 114 Å². The second-order valence-corrected chi connectivity index (χ2v) is 11.3. The van der Waals surface area contributed by atoms with E-state index in [1.807, 2.05) is 19.1 Å². The maximum Gasteiger partial charge on any atom is 0.135 e. The number of rotatable bonds is 3. The summed E-state index contributed by atoms with van der Waals surface area (Å²) in [5.41, 5.74) is 12.4. The summed E-state index contributed by atoms with van der Waals surface area (Å²) in [5.74, 6) is 0. The van der Waals surface area contributed by atoms with E-state index < -0.39 is 0 Å². The van der Waals surface area contributed by atoms with Crippen molar-refractivity contribution in [2.75, 3.05) is 0 Å². The van der Waals surface area contributed by atoms with Gasteiger partial charge in [0, 0.05) is 38.2 Å². The van der Waals surface area contributed by atoms with E-state index in [4.69, 9.17) is 4.42 Å². The predicted octanol–water partition coefficient (Wildman–Crippen LogP) is 10.4. The minimum atomic E-state index is -0.226. The molecule has 2 heterocycles. The minimum absolute atomic E-state index is 0.226. The number of aliphatic imine (C=N–C) groups is 1. The summed E-state index contributed by atoms with van der Waals surface area (Å²) >= 11 is 0. The molecule has 0 bridgehead atoms. The maximum atomic E-state index is 6.17. The van der Waals surface area contributed by atoms with Gasteiger partial charge in [-0.15, -0.1) is 0 Å². The standard InChI is InChI=1S/C37H28N2O/c1-5-10-22-19-28-26-16-17-27-24-11-6-8-13-32(24)39(36(27)35(26)37(2,3)30(28)21-31(22)38-4)23-15-18-34-29(20-23)25-12-7-9-14-33(25)40-34/h5-21H,4H2,1-3H3/b10-5-. The van der Waals surface area contributed by atoms with E-state index >= 15 is 0 Å². The summed E-state index contributed by atoms with van der Waals surface area (Å²) in [6.07, 6.45) is 4.18. The molecule has 0 atom stereocenters. The van der Waals surface area contributed by atoms with Crippen molar-refractivity contribution in [2.24, 2.45) is 4.99 Å². The van der Waals surface area contributed by atoms with Gasteiger partial charge in [0.2, 0.25) is 0 Å². The zero-order chi connectivity index (χ0) is 27.2. The molecular weight excluding hydrogens is 488 g/mol. The summed E-state index contributed by atoms with van der Waals surface area (Å²) in [6.45, 7) is 10.6. The second kappa shape index (κ2) is 8.06. The number of aromatic nitrogens is 1. The Hall–Kier alpha value is -4.89. The van der Waals surface area contributed by atoms with Gasteiger partial charge in [-0.25, -0.2) is 0 Å². The van der Waals surface area contributed by atoms with Gasteiger partial charge in [-0.3, -0.25) is 4.99 Å². The molecule has 3 heteroatoms. The third kappa shape index (κ3) is 2.92. The average molecular weight is 517 g/mol. The Morgan fingerprint density at radius 2 is 1.55 bits per heavy atom. The van der Waals surface area contributed by atoms with E-state index in [9.17, 15) is 0 Å². The normalized spacial score (nSPS) is 14.1. The Kier molecular flexibility index (Phi) is 4.64. The summed E-state index contributed by atoms with van der Waals surface area (Å²) in [5, 5.41) is 4.79. The molecule has 3 nitrogen and oxygen atoms in total.